The van der Waals surface area contributed by atoms with Crippen molar-refractivity contribution in [3.63, 3.8) is 0 Å². The van der Waals surface area contributed by atoms with Gasteiger partial charge in [0.05, 0.1) is 18.1 Å². The van der Waals surface area contributed by atoms with Crippen LogP contribution < -0.4 is 0 Å². The summed E-state index contributed by atoms with van der Waals surface area (Å²) in [4.78, 5) is 23.0. The van der Waals surface area contributed by atoms with Crippen LogP contribution in [-0.4, -0.2) is 64.7 Å². The second-order valence-corrected chi connectivity index (χ2v) is 8.71. The van der Waals surface area contributed by atoms with Crippen molar-refractivity contribution in [2.24, 2.45) is 0 Å². The van der Waals surface area contributed by atoms with Crippen LogP contribution in [0, 0.1) is 0 Å². The van der Waals surface area contributed by atoms with Crippen LogP contribution >= 0.6 is 11.3 Å². The molecule has 7 nitrogen and oxygen atoms in total. The molecule has 8 heteroatoms. The van der Waals surface area contributed by atoms with Gasteiger partial charge in [-0.05, 0) is 23.9 Å². The van der Waals surface area contributed by atoms with Crippen molar-refractivity contribution >= 4 is 17.2 Å². The lowest BCUT2D eigenvalue weighted by molar-refractivity contribution is -0.134. The normalized spacial score (nSPS) is 15.6. The third-order valence-electron chi connectivity index (χ3n) is 5.44. The van der Waals surface area contributed by atoms with Gasteiger partial charge in [-0.2, -0.15) is 4.98 Å². The van der Waals surface area contributed by atoms with Crippen LogP contribution in [0.1, 0.15) is 24.8 Å². The largest absolute Gasteiger partial charge is 0.379 e. The molecule has 0 radical (unpaired) electrons. The lowest BCUT2D eigenvalue weighted by atomic mass is 10.1. The molecule has 31 heavy (non-hydrogen) atoms. The van der Waals surface area contributed by atoms with E-state index in [2.05, 4.69) is 34.1 Å². The number of amides is 1. The van der Waals surface area contributed by atoms with Gasteiger partial charge in [0.25, 0.3) is 0 Å². The SMILES string of the molecule is CC(CN1CCOCC1)N(Cc1ccccc1)C(=O)CCc1nc(-c2cccs2)no1. The molecule has 1 aromatic carbocycles. The lowest BCUT2D eigenvalue weighted by Crippen LogP contribution is -2.48. The van der Waals surface area contributed by atoms with Gasteiger partial charge in [0.15, 0.2) is 0 Å². The number of carbonyl (C=O) groups is 1. The molecule has 0 saturated carbocycles. The topological polar surface area (TPSA) is 71.7 Å². The Balaban J connectivity index is 1.40. The fraction of sp³-hybridized carbons (Fsp3) is 0.435. The number of aryl methyl sites for hydroxylation is 1. The molecule has 1 fully saturated rings. The number of hydrogen-bond acceptors (Lipinski definition) is 7. The molecule has 0 aliphatic carbocycles. The van der Waals surface area contributed by atoms with E-state index in [0.717, 1.165) is 43.3 Å². The van der Waals surface area contributed by atoms with Gasteiger partial charge in [0.1, 0.15) is 0 Å². The molecule has 0 N–H and O–H groups in total. The van der Waals surface area contributed by atoms with E-state index in [-0.39, 0.29) is 11.9 Å². The zero-order valence-corrected chi connectivity index (χ0v) is 18.6. The van der Waals surface area contributed by atoms with Crippen LogP contribution in [0.5, 0.6) is 0 Å². The first-order valence-electron chi connectivity index (χ1n) is 10.7. The number of ether oxygens (including phenoxy) is 1. The van der Waals surface area contributed by atoms with Gasteiger partial charge in [-0.25, -0.2) is 0 Å². The second kappa shape index (κ2) is 10.7. The smallest absolute Gasteiger partial charge is 0.227 e. The summed E-state index contributed by atoms with van der Waals surface area (Å²) in [5, 5.41) is 6.02. The molecule has 2 aromatic heterocycles. The zero-order chi connectivity index (χ0) is 21.5. The third-order valence-corrected chi connectivity index (χ3v) is 6.30. The monoisotopic (exact) mass is 440 g/mol. The Labute approximate surface area is 186 Å². The Morgan fingerprint density at radius 2 is 2.00 bits per heavy atom. The number of thiophene rings is 1. The van der Waals surface area contributed by atoms with Gasteiger partial charge >= 0.3 is 0 Å². The summed E-state index contributed by atoms with van der Waals surface area (Å²) in [6.45, 7) is 6.88. The molecule has 3 aromatic rings. The molecule has 1 saturated heterocycles. The number of rotatable bonds is 9. The predicted molar refractivity (Wildman–Crippen MR) is 120 cm³/mol. The van der Waals surface area contributed by atoms with Crippen LogP contribution in [0.2, 0.25) is 0 Å². The summed E-state index contributed by atoms with van der Waals surface area (Å²) in [5.41, 5.74) is 1.13. The summed E-state index contributed by atoms with van der Waals surface area (Å²) in [6.07, 6.45) is 0.777. The van der Waals surface area contributed by atoms with Gasteiger partial charge in [0, 0.05) is 45.1 Å². The first kappa shape index (κ1) is 21.7. The van der Waals surface area contributed by atoms with Crippen LogP contribution in [0.15, 0.2) is 52.4 Å². The van der Waals surface area contributed by atoms with Gasteiger partial charge in [-0.3, -0.25) is 9.69 Å². The summed E-state index contributed by atoms with van der Waals surface area (Å²) in [6, 6.07) is 14.1. The molecule has 0 spiro atoms. The number of carbonyl (C=O) groups excluding carboxylic acids is 1. The molecule has 1 atom stereocenters. The van der Waals surface area contributed by atoms with Gasteiger partial charge < -0.3 is 14.2 Å². The minimum absolute atomic E-state index is 0.0928. The van der Waals surface area contributed by atoms with E-state index in [1.54, 1.807) is 11.3 Å². The van der Waals surface area contributed by atoms with Gasteiger partial charge in [-0.15, -0.1) is 11.3 Å². The molecular formula is C23H28N4O3S. The summed E-state index contributed by atoms with van der Waals surface area (Å²) in [7, 11) is 0. The fourth-order valence-corrected chi connectivity index (χ4v) is 4.39. The van der Waals surface area contributed by atoms with E-state index in [1.165, 1.54) is 0 Å². The summed E-state index contributed by atoms with van der Waals surface area (Å²) < 4.78 is 10.8. The minimum Gasteiger partial charge on any atom is -0.379 e. The van der Waals surface area contributed by atoms with Crippen molar-refractivity contribution < 1.29 is 14.1 Å². The van der Waals surface area contributed by atoms with Gasteiger partial charge in [-0.1, -0.05) is 41.6 Å². The summed E-state index contributed by atoms with van der Waals surface area (Å²) in [5.74, 6) is 1.18. The second-order valence-electron chi connectivity index (χ2n) is 7.76. The lowest BCUT2D eigenvalue weighted by Gasteiger charge is -2.35. The molecule has 1 amide bonds. The first-order valence-corrected chi connectivity index (χ1v) is 11.6. The molecule has 164 valence electrons. The standard InChI is InChI=1S/C23H28N4O3S/c1-18(16-26-11-13-29-14-12-26)27(17-19-6-3-2-4-7-19)22(28)10-9-21-24-23(25-30-21)20-8-5-15-31-20/h2-8,15,18H,9-14,16-17H2,1H3. The Morgan fingerprint density at radius 3 is 2.74 bits per heavy atom. The van der Waals surface area contributed by atoms with E-state index in [1.807, 2.05) is 40.6 Å². The average molecular weight is 441 g/mol. The highest BCUT2D eigenvalue weighted by Gasteiger charge is 2.24. The Bertz CT molecular complexity index is 939. The van der Waals surface area contributed by atoms with Crippen molar-refractivity contribution in [3.05, 3.63) is 59.3 Å². The number of morpholine rings is 1. The molecule has 1 aliphatic rings. The average Bonchev–Trinajstić information content (AvgIpc) is 3.49. The molecule has 0 bridgehead atoms. The van der Waals surface area contributed by atoms with E-state index in [0.29, 0.717) is 31.1 Å². The van der Waals surface area contributed by atoms with E-state index < -0.39 is 0 Å². The third kappa shape index (κ3) is 6.00. The molecule has 4 rings (SSSR count). The first-order chi connectivity index (χ1) is 15.2. The maximum atomic E-state index is 13.2. The van der Waals surface area contributed by atoms with Crippen LogP contribution in [0.25, 0.3) is 10.7 Å². The van der Waals surface area contributed by atoms with Crippen LogP contribution in [0.4, 0.5) is 0 Å². The van der Waals surface area contributed by atoms with Crippen molar-refractivity contribution in [1.29, 1.82) is 0 Å². The maximum absolute atomic E-state index is 13.2. The van der Waals surface area contributed by atoms with Crippen LogP contribution in [-0.2, 0) is 22.5 Å². The molecule has 1 unspecified atom stereocenters. The highest BCUT2D eigenvalue weighted by Crippen LogP contribution is 2.22. The number of hydrogen-bond donors (Lipinski definition) is 0. The van der Waals surface area contributed by atoms with E-state index in [9.17, 15) is 4.79 Å². The van der Waals surface area contributed by atoms with E-state index >= 15 is 0 Å². The van der Waals surface area contributed by atoms with Gasteiger partial charge in [0.2, 0.25) is 17.6 Å². The quantitative estimate of drug-likeness (QED) is 0.507. The van der Waals surface area contributed by atoms with Crippen molar-refractivity contribution in [1.82, 2.24) is 19.9 Å². The Morgan fingerprint density at radius 1 is 1.19 bits per heavy atom. The van der Waals surface area contributed by atoms with Crippen molar-refractivity contribution in [3.8, 4) is 10.7 Å². The number of benzene rings is 1. The highest BCUT2D eigenvalue weighted by atomic mass is 32.1. The predicted octanol–water partition coefficient (Wildman–Crippen LogP) is 3.48. The van der Waals surface area contributed by atoms with Crippen molar-refractivity contribution in [2.45, 2.75) is 32.4 Å². The number of nitrogens with zero attached hydrogens (tertiary/aromatic N) is 4. The summed E-state index contributed by atoms with van der Waals surface area (Å²) >= 11 is 1.57. The Kier molecular flexibility index (Phi) is 7.45. The minimum atomic E-state index is 0.0928. The van der Waals surface area contributed by atoms with E-state index in [4.69, 9.17) is 9.26 Å². The Hall–Kier alpha value is -2.55. The maximum Gasteiger partial charge on any atom is 0.227 e. The molecule has 3 heterocycles. The highest BCUT2D eigenvalue weighted by molar-refractivity contribution is 7.13. The molecular weight excluding hydrogens is 412 g/mol. The van der Waals surface area contributed by atoms with Crippen LogP contribution in [0.3, 0.4) is 0 Å². The zero-order valence-electron chi connectivity index (χ0n) is 17.8. The number of aromatic nitrogens is 2. The molecule has 1 aliphatic heterocycles. The van der Waals surface area contributed by atoms with Crippen molar-refractivity contribution in [2.75, 3.05) is 32.8 Å². The fourth-order valence-electron chi connectivity index (χ4n) is 3.75.